The first-order valence-corrected chi connectivity index (χ1v) is 21.9. The van der Waals surface area contributed by atoms with Gasteiger partial charge in [0.05, 0.1) is 44.4 Å². The first-order chi connectivity index (χ1) is 32.7. The fourth-order valence-corrected chi connectivity index (χ4v) is 8.72. The Morgan fingerprint density at radius 2 is 1.43 bits per heavy atom. The molecular formula is C52H41Cl2N8O6+. The predicted molar refractivity (Wildman–Crippen MR) is 261 cm³/mol. The van der Waals surface area contributed by atoms with Gasteiger partial charge in [-0.1, -0.05) is 100 Å². The normalized spacial score (nSPS) is 14.5. The van der Waals surface area contributed by atoms with Gasteiger partial charge in [-0.25, -0.2) is 14.4 Å². The number of benzene rings is 6. The number of aryl methyl sites for hydroxylation is 1. The monoisotopic (exact) mass is 943 g/mol. The number of allylic oxidation sites excluding steroid dienone is 1. The number of rotatable bonds is 13. The Morgan fingerprint density at radius 3 is 2.18 bits per heavy atom. The summed E-state index contributed by atoms with van der Waals surface area (Å²) >= 11 is 13.2. The van der Waals surface area contributed by atoms with E-state index in [1.807, 2.05) is 45.2 Å². The Kier molecular flexibility index (Phi) is 12.2. The molecule has 2 aromatic heterocycles. The van der Waals surface area contributed by atoms with Crippen molar-refractivity contribution in [1.82, 2.24) is 34.5 Å². The molecule has 0 bridgehead atoms. The van der Waals surface area contributed by atoms with Gasteiger partial charge in [0.1, 0.15) is 41.3 Å². The largest absolute Gasteiger partial charge is 0.503 e. The first-order valence-electron chi connectivity index (χ1n) is 21.2. The quantitative estimate of drug-likeness (QED) is 0.0869. The lowest BCUT2D eigenvalue weighted by Crippen LogP contribution is -2.46. The molecule has 1 aliphatic heterocycles. The van der Waals surface area contributed by atoms with Gasteiger partial charge < -0.3 is 14.6 Å². The summed E-state index contributed by atoms with van der Waals surface area (Å²) in [6.07, 6.45) is 4.66. The first kappa shape index (κ1) is 45.1. The maximum absolute atomic E-state index is 14.1. The second-order valence-electron chi connectivity index (χ2n) is 16.4. The molecule has 1 atom stereocenters. The molecule has 0 fully saturated rings. The molecule has 68 heavy (non-hydrogen) atoms. The minimum Gasteiger partial charge on any atom is -0.503 e. The second-order valence-corrected chi connectivity index (χ2v) is 17.2. The van der Waals surface area contributed by atoms with Crippen molar-refractivity contribution in [2.75, 3.05) is 27.8 Å². The summed E-state index contributed by atoms with van der Waals surface area (Å²) in [7, 11) is 4.96. The van der Waals surface area contributed by atoms with Crippen LogP contribution >= 0.6 is 23.2 Å². The molecule has 0 aliphatic carbocycles. The highest BCUT2D eigenvalue weighted by Crippen LogP contribution is 2.39. The number of Topliss-reactive ketones (excluding diaryl/α,β-unsaturated/α-hetero) is 1. The van der Waals surface area contributed by atoms with Crippen LogP contribution in [0.2, 0.25) is 10.0 Å². The van der Waals surface area contributed by atoms with Gasteiger partial charge in [-0.2, -0.15) is 0 Å². The molecule has 3 heterocycles. The van der Waals surface area contributed by atoms with Crippen LogP contribution in [0.5, 0.6) is 17.2 Å². The zero-order chi connectivity index (χ0) is 47.9. The van der Waals surface area contributed by atoms with Gasteiger partial charge in [-0.05, 0) is 84.6 Å². The molecule has 0 amide bonds. The van der Waals surface area contributed by atoms with Crippen molar-refractivity contribution in [2.24, 2.45) is 4.99 Å². The number of aliphatic imine (C=N–C) groups is 1. The van der Waals surface area contributed by atoms with Crippen LogP contribution in [0.3, 0.4) is 0 Å². The van der Waals surface area contributed by atoms with Crippen molar-refractivity contribution >= 4 is 52.0 Å². The molecule has 0 spiro atoms. The molecule has 14 nitrogen and oxygen atoms in total. The molecular weight excluding hydrogens is 904 g/mol. The highest BCUT2D eigenvalue weighted by Gasteiger charge is 2.34. The van der Waals surface area contributed by atoms with Crippen LogP contribution in [0.4, 0.5) is 5.69 Å². The van der Waals surface area contributed by atoms with E-state index in [4.69, 9.17) is 32.7 Å². The van der Waals surface area contributed by atoms with Crippen LogP contribution in [-0.4, -0.2) is 86.0 Å². The van der Waals surface area contributed by atoms with Crippen molar-refractivity contribution in [3.05, 3.63) is 189 Å². The highest BCUT2D eigenvalue weighted by atomic mass is 35.5. The van der Waals surface area contributed by atoms with Crippen molar-refractivity contribution in [3.8, 4) is 50.9 Å². The Hall–Kier alpha value is -8.04. The molecule has 6 aromatic carbocycles. The van der Waals surface area contributed by atoms with Crippen molar-refractivity contribution in [3.63, 3.8) is 0 Å². The summed E-state index contributed by atoms with van der Waals surface area (Å²) in [5.41, 5.74) is 7.81. The molecule has 0 saturated heterocycles. The number of aromatic hydroxyl groups is 1. The van der Waals surface area contributed by atoms with Gasteiger partial charge in [-0.15, -0.1) is 10.2 Å². The smallest absolute Gasteiger partial charge is 0.216 e. The molecule has 1 N–H and O–H groups in total. The van der Waals surface area contributed by atoms with Crippen molar-refractivity contribution < 1.29 is 29.0 Å². The van der Waals surface area contributed by atoms with Crippen LogP contribution in [0.15, 0.2) is 151 Å². The average Bonchev–Trinajstić information content (AvgIpc) is 4.05. The van der Waals surface area contributed by atoms with E-state index in [1.54, 1.807) is 103 Å². The van der Waals surface area contributed by atoms with Crippen LogP contribution in [0, 0.1) is 6.92 Å². The number of aromatic nitrogens is 6. The number of nitrogens with zero attached hydrogens (tertiary/aromatic N) is 8. The van der Waals surface area contributed by atoms with E-state index in [0.717, 1.165) is 22.4 Å². The number of halogens is 2. The maximum atomic E-state index is 14.1. The highest BCUT2D eigenvalue weighted by molar-refractivity contribution is 6.33. The predicted octanol–water partition coefficient (Wildman–Crippen LogP) is 10.1. The number of hydrogen-bond acceptors (Lipinski definition) is 11. The third-order valence-electron chi connectivity index (χ3n) is 11.6. The second kappa shape index (κ2) is 18.3. The molecule has 9 rings (SSSR count). The standard InChI is InChI=1S/C52H40Cl2N8O6/c1-30-12-18-47(63)46(20-30)62(3)28-31(2)56-42(29-62)51(65)37-11-7-9-35(22-37)39-24-49(68-5)43(25-40(39)54)60-27-41(57-59-60)50(64)36-10-6-8-34(21-36)32-13-15-33(16-14-32)52(66)45-26-55-58-61(45)44-23-38(53)17-19-48(44)67-4/h6-27,29H,28H2,1-5H3/p+1. The van der Waals surface area contributed by atoms with Crippen LogP contribution in [0.1, 0.15) is 54.9 Å². The van der Waals surface area contributed by atoms with E-state index in [9.17, 15) is 19.5 Å². The fraction of sp³-hybridized carbons (Fsp3) is 0.115. The number of hydrogen-bond donors (Lipinski definition) is 1. The van der Waals surface area contributed by atoms with Gasteiger partial charge in [0.25, 0.3) is 0 Å². The SMILES string of the molecule is COc1cc(-c2cccc(C(=O)C3=C[N+](C)(c4cc(C)ccc4O)CC(C)=N3)c2)c(Cl)cc1-n1cc(C(=O)c2cccc(-c3ccc(C(=O)c4cnnn4-c4cc(Cl)ccc4OC)cc3)c2)nn1. The zero-order valence-corrected chi connectivity index (χ0v) is 38.8. The summed E-state index contributed by atoms with van der Waals surface area (Å²) in [5.74, 6) is 0.0334. The molecule has 0 saturated carbocycles. The molecule has 338 valence electrons. The van der Waals surface area contributed by atoms with Gasteiger partial charge in [0.15, 0.2) is 22.8 Å². The van der Waals surface area contributed by atoms with E-state index in [-0.39, 0.29) is 44.7 Å². The van der Waals surface area contributed by atoms with E-state index >= 15 is 0 Å². The molecule has 0 radical (unpaired) electrons. The summed E-state index contributed by atoms with van der Waals surface area (Å²) in [6, 6.07) is 35.0. The molecule has 16 heteroatoms. The van der Waals surface area contributed by atoms with Gasteiger partial charge in [-0.3, -0.25) is 18.9 Å². The zero-order valence-electron chi connectivity index (χ0n) is 37.3. The number of phenolic OH excluding ortho intramolecular Hbond substituents is 1. The van der Waals surface area contributed by atoms with Crippen LogP contribution in [0.25, 0.3) is 33.6 Å². The lowest BCUT2D eigenvalue weighted by atomic mass is 9.98. The Morgan fingerprint density at radius 1 is 0.706 bits per heavy atom. The number of ketones is 3. The van der Waals surface area contributed by atoms with Gasteiger partial charge >= 0.3 is 0 Å². The lowest BCUT2D eigenvalue weighted by molar-refractivity contribution is 0.102. The molecule has 1 aliphatic rings. The Labute approximate surface area is 400 Å². The van der Waals surface area contributed by atoms with Gasteiger partial charge in [0.2, 0.25) is 17.3 Å². The van der Waals surface area contributed by atoms with E-state index in [1.165, 1.54) is 36.0 Å². The number of ether oxygens (including phenoxy) is 2. The molecule has 1 unspecified atom stereocenters. The summed E-state index contributed by atoms with van der Waals surface area (Å²) in [6.45, 7) is 4.31. The number of carbonyl (C=O) groups excluding carboxylic acids is 3. The number of methoxy groups -OCH3 is 2. The maximum Gasteiger partial charge on any atom is 0.216 e. The minimum atomic E-state index is -0.368. The minimum absolute atomic E-state index is 0.0837. The number of carbonyl (C=O) groups is 3. The van der Waals surface area contributed by atoms with E-state index in [2.05, 4.69) is 25.6 Å². The number of quaternary nitrogens is 1. The van der Waals surface area contributed by atoms with Crippen molar-refractivity contribution in [1.29, 1.82) is 0 Å². The summed E-state index contributed by atoms with van der Waals surface area (Å²) < 4.78 is 14.2. The van der Waals surface area contributed by atoms with Crippen LogP contribution in [-0.2, 0) is 0 Å². The Bertz CT molecular complexity index is 3400. The topological polar surface area (TPSA) is 164 Å². The fourth-order valence-electron chi connectivity index (χ4n) is 8.28. The van der Waals surface area contributed by atoms with Crippen LogP contribution < -0.4 is 14.0 Å². The summed E-state index contributed by atoms with van der Waals surface area (Å²) in [5, 5.41) is 28.1. The summed E-state index contributed by atoms with van der Waals surface area (Å²) in [4.78, 5) is 46.2. The third-order valence-corrected chi connectivity index (χ3v) is 12.2. The van der Waals surface area contributed by atoms with Gasteiger partial charge in [0, 0.05) is 33.3 Å². The van der Waals surface area contributed by atoms with E-state index < -0.39 is 0 Å². The Balaban J connectivity index is 0.930. The number of phenols is 1. The molecule has 8 aromatic rings. The lowest BCUT2D eigenvalue weighted by Gasteiger charge is -2.33. The van der Waals surface area contributed by atoms with Crippen molar-refractivity contribution in [2.45, 2.75) is 13.8 Å². The third kappa shape index (κ3) is 8.71. The average molecular weight is 945 g/mol. The van der Waals surface area contributed by atoms with E-state index in [0.29, 0.717) is 73.0 Å².